The Hall–Kier alpha value is -3.43. The summed E-state index contributed by atoms with van der Waals surface area (Å²) in [6.07, 6.45) is 6.24. The van der Waals surface area contributed by atoms with Crippen LogP contribution in [0.4, 0.5) is 13.9 Å². The summed E-state index contributed by atoms with van der Waals surface area (Å²) in [6.45, 7) is 1.29. The SMILES string of the molecule is C#Cc1ccc(CN(CCc2ccc(OC)cc2)c2nc3cc(F)c(F)cc3s2)cc1. The number of methoxy groups -OCH3 is 1. The van der Waals surface area contributed by atoms with Crippen molar-refractivity contribution in [3.05, 3.63) is 89.0 Å². The van der Waals surface area contributed by atoms with Crippen LogP contribution in [-0.4, -0.2) is 18.6 Å². The Bertz CT molecular complexity index is 1190. The summed E-state index contributed by atoms with van der Waals surface area (Å²) in [4.78, 5) is 6.69. The second-order valence-electron chi connectivity index (χ2n) is 7.09. The minimum absolute atomic E-state index is 0.455. The van der Waals surface area contributed by atoms with Crippen LogP contribution in [0.1, 0.15) is 16.7 Å². The van der Waals surface area contributed by atoms with Gasteiger partial charge in [-0.1, -0.05) is 41.5 Å². The standard InChI is InChI=1S/C25H20F2N2OS/c1-3-17-4-6-19(7-5-17)16-29(13-12-18-8-10-20(30-2)11-9-18)25-28-23-14-21(26)22(27)15-24(23)31-25/h1,4-11,14-15H,12-13,16H2,2H3. The predicted octanol–water partition coefficient (Wildman–Crippen LogP) is 5.81. The fraction of sp³-hybridized carbons (Fsp3) is 0.160. The highest BCUT2D eigenvalue weighted by molar-refractivity contribution is 7.22. The molecule has 3 aromatic carbocycles. The van der Waals surface area contributed by atoms with E-state index >= 15 is 0 Å². The molecular weight excluding hydrogens is 414 g/mol. The Morgan fingerprint density at radius 2 is 1.68 bits per heavy atom. The van der Waals surface area contributed by atoms with Gasteiger partial charge in [-0.2, -0.15) is 0 Å². The van der Waals surface area contributed by atoms with Crippen molar-refractivity contribution in [1.29, 1.82) is 0 Å². The monoisotopic (exact) mass is 434 g/mol. The number of fused-ring (bicyclic) bond motifs is 1. The maximum atomic E-state index is 13.7. The third-order valence-corrected chi connectivity index (χ3v) is 6.09. The van der Waals surface area contributed by atoms with Gasteiger partial charge in [0, 0.05) is 24.7 Å². The maximum absolute atomic E-state index is 13.7. The van der Waals surface area contributed by atoms with Crippen LogP contribution in [0.5, 0.6) is 5.75 Å². The number of hydrogen-bond acceptors (Lipinski definition) is 4. The normalized spacial score (nSPS) is 10.8. The van der Waals surface area contributed by atoms with Crippen LogP contribution in [-0.2, 0) is 13.0 Å². The first-order valence-corrected chi connectivity index (χ1v) is 10.6. The minimum atomic E-state index is -0.890. The van der Waals surface area contributed by atoms with Crippen LogP contribution in [0, 0.1) is 24.0 Å². The molecule has 3 nitrogen and oxygen atoms in total. The van der Waals surface area contributed by atoms with Crippen molar-refractivity contribution >= 4 is 26.7 Å². The first-order valence-electron chi connectivity index (χ1n) is 9.75. The number of ether oxygens (including phenoxy) is 1. The summed E-state index contributed by atoms with van der Waals surface area (Å²) in [5.41, 5.74) is 3.51. The molecule has 0 spiro atoms. The van der Waals surface area contributed by atoms with Crippen LogP contribution in [0.15, 0.2) is 60.7 Å². The average Bonchev–Trinajstić information content (AvgIpc) is 3.20. The topological polar surface area (TPSA) is 25.4 Å². The summed E-state index contributed by atoms with van der Waals surface area (Å²) in [6, 6.07) is 18.1. The van der Waals surface area contributed by atoms with Gasteiger partial charge in [-0.25, -0.2) is 13.8 Å². The molecular formula is C25H20F2N2OS. The highest BCUT2D eigenvalue weighted by Gasteiger charge is 2.15. The molecule has 0 aliphatic heterocycles. The third-order valence-electron chi connectivity index (χ3n) is 5.01. The Morgan fingerprint density at radius 1 is 1.00 bits per heavy atom. The van der Waals surface area contributed by atoms with Gasteiger partial charge in [0.1, 0.15) is 5.75 Å². The second-order valence-corrected chi connectivity index (χ2v) is 8.10. The molecule has 6 heteroatoms. The second kappa shape index (κ2) is 9.15. The van der Waals surface area contributed by atoms with E-state index in [1.54, 1.807) is 7.11 Å². The van der Waals surface area contributed by atoms with Crippen molar-refractivity contribution in [2.24, 2.45) is 0 Å². The van der Waals surface area contributed by atoms with E-state index in [9.17, 15) is 8.78 Å². The smallest absolute Gasteiger partial charge is 0.186 e. The van der Waals surface area contributed by atoms with Gasteiger partial charge in [-0.3, -0.25) is 0 Å². The number of aromatic nitrogens is 1. The fourth-order valence-electron chi connectivity index (χ4n) is 3.27. The molecule has 0 unspecified atom stereocenters. The molecule has 4 aromatic rings. The zero-order valence-electron chi connectivity index (χ0n) is 16.9. The molecule has 0 amide bonds. The molecule has 0 atom stereocenters. The number of anilines is 1. The highest BCUT2D eigenvalue weighted by atomic mass is 32.1. The predicted molar refractivity (Wildman–Crippen MR) is 122 cm³/mol. The van der Waals surface area contributed by atoms with Gasteiger partial charge in [0.15, 0.2) is 16.8 Å². The first-order chi connectivity index (χ1) is 15.1. The van der Waals surface area contributed by atoms with Crippen LogP contribution in [0.3, 0.4) is 0 Å². The quantitative estimate of drug-likeness (QED) is 0.343. The molecule has 0 aliphatic rings. The zero-order chi connectivity index (χ0) is 21.8. The van der Waals surface area contributed by atoms with E-state index in [4.69, 9.17) is 11.2 Å². The van der Waals surface area contributed by atoms with Crippen molar-refractivity contribution in [3.8, 4) is 18.1 Å². The fourth-order valence-corrected chi connectivity index (χ4v) is 4.27. The number of thiazole rings is 1. The van der Waals surface area contributed by atoms with Gasteiger partial charge in [0.05, 0.1) is 17.3 Å². The molecule has 1 heterocycles. The Kier molecular flexibility index (Phi) is 6.15. The van der Waals surface area contributed by atoms with Crippen molar-refractivity contribution in [3.63, 3.8) is 0 Å². The highest BCUT2D eigenvalue weighted by Crippen LogP contribution is 2.31. The van der Waals surface area contributed by atoms with E-state index < -0.39 is 11.6 Å². The Balaban J connectivity index is 1.61. The van der Waals surface area contributed by atoms with E-state index in [1.165, 1.54) is 17.4 Å². The Labute approximate surface area is 183 Å². The van der Waals surface area contributed by atoms with E-state index in [1.807, 2.05) is 48.5 Å². The molecule has 1 aromatic heterocycles. The summed E-state index contributed by atoms with van der Waals surface area (Å²) >= 11 is 1.35. The lowest BCUT2D eigenvalue weighted by atomic mass is 10.1. The number of halogens is 2. The molecule has 31 heavy (non-hydrogen) atoms. The molecule has 156 valence electrons. The third kappa shape index (κ3) is 4.84. The van der Waals surface area contributed by atoms with Crippen LogP contribution < -0.4 is 9.64 Å². The van der Waals surface area contributed by atoms with Gasteiger partial charge in [0.25, 0.3) is 0 Å². The van der Waals surface area contributed by atoms with Crippen LogP contribution >= 0.6 is 11.3 Å². The molecule has 0 fully saturated rings. The average molecular weight is 435 g/mol. The van der Waals surface area contributed by atoms with Crippen molar-refractivity contribution in [2.75, 3.05) is 18.6 Å². The van der Waals surface area contributed by atoms with Gasteiger partial charge >= 0.3 is 0 Å². The van der Waals surface area contributed by atoms with Crippen molar-refractivity contribution in [1.82, 2.24) is 4.98 Å². The number of nitrogens with zero attached hydrogens (tertiary/aromatic N) is 2. The van der Waals surface area contributed by atoms with Crippen molar-refractivity contribution < 1.29 is 13.5 Å². The molecule has 0 radical (unpaired) electrons. The van der Waals surface area contributed by atoms with Gasteiger partial charge in [0.2, 0.25) is 0 Å². The lowest BCUT2D eigenvalue weighted by molar-refractivity contribution is 0.414. The maximum Gasteiger partial charge on any atom is 0.186 e. The Morgan fingerprint density at radius 3 is 2.35 bits per heavy atom. The number of hydrogen-bond donors (Lipinski definition) is 0. The van der Waals surface area contributed by atoms with E-state index in [0.29, 0.717) is 23.3 Å². The zero-order valence-corrected chi connectivity index (χ0v) is 17.8. The van der Waals surface area contributed by atoms with Crippen LogP contribution in [0.2, 0.25) is 0 Å². The molecule has 0 N–H and O–H groups in total. The molecule has 0 aliphatic carbocycles. The van der Waals surface area contributed by atoms with Crippen LogP contribution in [0.25, 0.3) is 10.2 Å². The first kappa shape index (κ1) is 20.8. The summed E-state index contributed by atoms with van der Waals surface area (Å²) in [5.74, 6) is 1.67. The molecule has 0 bridgehead atoms. The van der Waals surface area contributed by atoms with Gasteiger partial charge in [-0.15, -0.1) is 6.42 Å². The van der Waals surface area contributed by atoms with Gasteiger partial charge < -0.3 is 9.64 Å². The summed E-state index contributed by atoms with van der Waals surface area (Å²) < 4.78 is 33.2. The number of terminal acetylenes is 1. The van der Waals surface area contributed by atoms with Crippen molar-refractivity contribution in [2.45, 2.75) is 13.0 Å². The summed E-state index contributed by atoms with van der Waals surface area (Å²) in [7, 11) is 1.64. The largest absolute Gasteiger partial charge is 0.497 e. The molecule has 0 saturated heterocycles. The summed E-state index contributed by atoms with van der Waals surface area (Å²) in [5, 5.41) is 0.717. The lowest BCUT2D eigenvalue weighted by Crippen LogP contribution is -2.25. The van der Waals surface area contributed by atoms with Gasteiger partial charge in [-0.05, 0) is 47.9 Å². The van der Waals surface area contributed by atoms with E-state index in [2.05, 4.69) is 15.8 Å². The molecule has 0 saturated carbocycles. The minimum Gasteiger partial charge on any atom is -0.497 e. The number of rotatable bonds is 7. The van der Waals surface area contributed by atoms with E-state index in [-0.39, 0.29) is 0 Å². The number of benzene rings is 3. The molecule has 4 rings (SSSR count). The van der Waals surface area contributed by atoms with E-state index in [0.717, 1.165) is 40.1 Å². The lowest BCUT2D eigenvalue weighted by Gasteiger charge is -2.22.